The maximum Gasteiger partial charge on any atom is 0.274 e. The van der Waals surface area contributed by atoms with Crippen LogP contribution < -0.4 is 0 Å². The number of rotatable bonds is 2. The lowest BCUT2D eigenvalue weighted by Gasteiger charge is -2.35. The van der Waals surface area contributed by atoms with Gasteiger partial charge in [-0.25, -0.2) is 9.50 Å². The van der Waals surface area contributed by atoms with Gasteiger partial charge in [-0.15, -0.1) is 0 Å². The molecule has 1 aromatic carbocycles. The number of hydrogen-bond donors (Lipinski definition) is 1. The Balaban J connectivity index is 1.49. The summed E-state index contributed by atoms with van der Waals surface area (Å²) >= 11 is 5.98. The molecule has 0 saturated carbocycles. The lowest BCUT2D eigenvalue weighted by Crippen LogP contribution is -2.39. The van der Waals surface area contributed by atoms with Gasteiger partial charge in [0.1, 0.15) is 0 Å². The number of H-pyrrole nitrogens is 1. The number of nitrogens with zero attached hydrogens (tertiary/aromatic N) is 5. The van der Waals surface area contributed by atoms with Crippen molar-refractivity contribution in [2.45, 2.75) is 26.3 Å². The zero-order valence-electron chi connectivity index (χ0n) is 16.1. The second-order valence-corrected chi connectivity index (χ2v) is 7.76. The van der Waals surface area contributed by atoms with E-state index in [1.54, 1.807) is 18.5 Å². The molecule has 0 saturated heterocycles. The van der Waals surface area contributed by atoms with Gasteiger partial charge in [-0.3, -0.25) is 9.89 Å². The van der Waals surface area contributed by atoms with Crippen molar-refractivity contribution in [3.8, 4) is 11.1 Å². The molecule has 3 aromatic heterocycles. The van der Waals surface area contributed by atoms with Gasteiger partial charge in [-0.2, -0.15) is 10.2 Å². The normalized spacial score (nSPS) is 16.2. The van der Waals surface area contributed by atoms with Gasteiger partial charge in [0.15, 0.2) is 11.3 Å². The summed E-state index contributed by atoms with van der Waals surface area (Å²) in [4.78, 5) is 19.3. The van der Waals surface area contributed by atoms with E-state index in [1.165, 1.54) is 10.1 Å². The Kier molecular flexibility index (Phi) is 4.13. The molecule has 0 fully saturated rings. The molecule has 7 nitrogen and oxygen atoms in total. The summed E-state index contributed by atoms with van der Waals surface area (Å²) in [6, 6.07) is 8.10. The average Bonchev–Trinajstić information content (AvgIpc) is 3.33. The van der Waals surface area contributed by atoms with Crippen LogP contribution in [0.3, 0.4) is 0 Å². The van der Waals surface area contributed by atoms with Crippen molar-refractivity contribution in [3.05, 3.63) is 70.4 Å². The van der Waals surface area contributed by atoms with Crippen LogP contribution in [0.15, 0.2) is 42.9 Å². The lowest BCUT2D eigenvalue weighted by atomic mass is 9.90. The third-order valence-electron chi connectivity index (χ3n) is 5.59. The topological polar surface area (TPSA) is 79.2 Å². The van der Waals surface area contributed by atoms with Gasteiger partial charge >= 0.3 is 0 Å². The van der Waals surface area contributed by atoms with Crippen molar-refractivity contribution in [1.82, 2.24) is 29.7 Å². The van der Waals surface area contributed by atoms with Crippen LogP contribution in [0.25, 0.3) is 16.8 Å². The molecule has 1 atom stereocenters. The molecule has 0 spiro atoms. The van der Waals surface area contributed by atoms with Crippen LogP contribution in [0, 0.1) is 6.92 Å². The summed E-state index contributed by atoms with van der Waals surface area (Å²) in [7, 11) is 0. The molecule has 5 rings (SSSR count). The fraction of sp³-hybridized carbons (Fsp3) is 0.238. The summed E-state index contributed by atoms with van der Waals surface area (Å²) in [6.45, 7) is 4.69. The van der Waals surface area contributed by atoms with E-state index in [4.69, 9.17) is 11.6 Å². The maximum atomic E-state index is 13.2. The number of hydrogen-bond acceptors (Lipinski definition) is 4. The number of halogens is 1. The van der Waals surface area contributed by atoms with Crippen molar-refractivity contribution in [2.75, 3.05) is 6.54 Å². The van der Waals surface area contributed by atoms with Crippen LogP contribution in [-0.4, -0.2) is 42.1 Å². The van der Waals surface area contributed by atoms with Crippen molar-refractivity contribution in [3.63, 3.8) is 0 Å². The third-order valence-corrected chi connectivity index (χ3v) is 5.78. The van der Waals surface area contributed by atoms with E-state index in [2.05, 4.69) is 45.4 Å². The van der Waals surface area contributed by atoms with E-state index < -0.39 is 0 Å². The standard InChI is InChI=1S/C21H19ClN6O/c1-12-18(10-24-25-12)15-4-3-14-5-6-27(13(2)17(14)7-15)21(29)19-8-20-23-9-16(22)11-28(20)26-19/h3-4,7-11,13H,5-6H2,1-2H3,(H,24,25). The first-order valence-corrected chi connectivity index (χ1v) is 9.84. The first-order chi connectivity index (χ1) is 14.0. The van der Waals surface area contributed by atoms with Crippen molar-refractivity contribution >= 4 is 23.2 Å². The number of carbonyl (C=O) groups is 1. The Morgan fingerprint density at radius 2 is 2.17 bits per heavy atom. The minimum atomic E-state index is -0.102. The van der Waals surface area contributed by atoms with Crippen LogP contribution in [0.2, 0.25) is 5.02 Å². The van der Waals surface area contributed by atoms with Gasteiger partial charge < -0.3 is 4.90 Å². The highest BCUT2D eigenvalue weighted by Crippen LogP contribution is 2.34. The van der Waals surface area contributed by atoms with Crippen LogP contribution in [0.4, 0.5) is 0 Å². The van der Waals surface area contributed by atoms with Gasteiger partial charge in [-0.1, -0.05) is 23.7 Å². The molecule has 146 valence electrons. The molecule has 4 heterocycles. The molecular weight excluding hydrogens is 388 g/mol. The van der Waals surface area contributed by atoms with Gasteiger partial charge in [0.2, 0.25) is 0 Å². The third kappa shape index (κ3) is 2.98. The number of carbonyl (C=O) groups excluding carboxylic acids is 1. The van der Waals surface area contributed by atoms with E-state index in [-0.39, 0.29) is 11.9 Å². The number of amides is 1. The Hall–Kier alpha value is -3.19. The van der Waals surface area contributed by atoms with E-state index in [0.717, 1.165) is 28.8 Å². The fourth-order valence-corrected chi connectivity index (χ4v) is 4.16. The number of fused-ring (bicyclic) bond motifs is 2. The number of aryl methyl sites for hydroxylation is 1. The molecule has 8 heteroatoms. The number of nitrogens with one attached hydrogen (secondary N) is 1. The molecule has 1 N–H and O–H groups in total. The molecule has 0 bridgehead atoms. The highest BCUT2D eigenvalue weighted by atomic mass is 35.5. The van der Waals surface area contributed by atoms with E-state index >= 15 is 0 Å². The monoisotopic (exact) mass is 406 g/mol. The molecule has 0 aliphatic carbocycles. The van der Waals surface area contributed by atoms with Gasteiger partial charge in [0.05, 0.1) is 23.0 Å². The number of benzene rings is 1. The largest absolute Gasteiger partial charge is 0.330 e. The van der Waals surface area contributed by atoms with Crippen LogP contribution in [-0.2, 0) is 6.42 Å². The predicted octanol–water partition coefficient (Wildman–Crippen LogP) is 3.84. The Morgan fingerprint density at radius 1 is 1.31 bits per heavy atom. The molecular formula is C21H19ClN6O. The zero-order valence-corrected chi connectivity index (χ0v) is 16.8. The smallest absolute Gasteiger partial charge is 0.274 e. The van der Waals surface area contributed by atoms with Gasteiger partial charge in [0, 0.05) is 30.6 Å². The Labute approximate surface area is 172 Å². The minimum Gasteiger partial charge on any atom is -0.330 e. The molecule has 1 amide bonds. The number of aromatic amines is 1. The van der Waals surface area contributed by atoms with Gasteiger partial charge in [0.25, 0.3) is 5.91 Å². The quantitative estimate of drug-likeness (QED) is 0.548. The van der Waals surface area contributed by atoms with Crippen molar-refractivity contribution in [1.29, 1.82) is 0 Å². The zero-order chi connectivity index (χ0) is 20.1. The summed E-state index contributed by atoms with van der Waals surface area (Å²) in [5, 5.41) is 12.0. The first kappa shape index (κ1) is 17.9. The van der Waals surface area contributed by atoms with Crippen LogP contribution >= 0.6 is 11.6 Å². The van der Waals surface area contributed by atoms with E-state index in [9.17, 15) is 4.79 Å². The second kappa shape index (κ2) is 6.70. The maximum absolute atomic E-state index is 13.2. The van der Waals surface area contributed by atoms with Gasteiger partial charge in [-0.05, 0) is 43.0 Å². The van der Waals surface area contributed by atoms with E-state index in [1.807, 2.05) is 18.0 Å². The summed E-state index contributed by atoms with van der Waals surface area (Å²) in [5.41, 5.74) is 6.53. The van der Waals surface area contributed by atoms with Crippen molar-refractivity contribution < 1.29 is 4.79 Å². The molecule has 1 unspecified atom stereocenters. The van der Waals surface area contributed by atoms with Crippen LogP contribution in [0.5, 0.6) is 0 Å². The minimum absolute atomic E-state index is 0.0558. The summed E-state index contributed by atoms with van der Waals surface area (Å²) in [5.74, 6) is -0.102. The molecule has 1 aliphatic rings. The lowest BCUT2D eigenvalue weighted by molar-refractivity contribution is 0.0671. The number of aromatic nitrogens is 5. The molecule has 4 aromatic rings. The predicted molar refractivity (Wildman–Crippen MR) is 110 cm³/mol. The molecule has 0 radical (unpaired) electrons. The second-order valence-electron chi connectivity index (χ2n) is 7.33. The first-order valence-electron chi connectivity index (χ1n) is 9.47. The summed E-state index contributed by atoms with van der Waals surface area (Å²) in [6.07, 6.45) is 5.91. The highest BCUT2D eigenvalue weighted by Gasteiger charge is 2.30. The molecule has 1 aliphatic heterocycles. The van der Waals surface area contributed by atoms with E-state index in [0.29, 0.717) is 22.9 Å². The Bertz CT molecular complexity index is 1240. The van der Waals surface area contributed by atoms with Crippen molar-refractivity contribution in [2.24, 2.45) is 0 Å². The molecule has 29 heavy (non-hydrogen) atoms. The average molecular weight is 407 g/mol. The SMILES string of the molecule is Cc1n[nH]cc1-c1ccc2c(c1)C(C)N(C(=O)c1cc3ncc(Cl)cn3n1)CC2. The highest BCUT2D eigenvalue weighted by molar-refractivity contribution is 6.30. The summed E-state index contributed by atoms with van der Waals surface area (Å²) < 4.78 is 1.54. The van der Waals surface area contributed by atoms with Crippen LogP contribution in [0.1, 0.15) is 40.3 Å². The Morgan fingerprint density at radius 3 is 2.97 bits per heavy atom. The fourth-order valence-electron chi connectivity index (χ4n) is 4.02.